The standard InChI is InChI=1S/C35H40BrCl2NO5/c1-7-43-29-13-21(12-23(36)33(29)44-19-20-8-9-22(37)14-24(20)38)30-31-25(15-34(2,3)17-27(31)40)39(10-11-42-6)26-16-35(4,5)18-28(41)32(26)30/h8-9,12-14,30H,7,10-11,15-19H2,1-6H3. The van der Waals surface area contributed by atoms with E-state index in [-0.39, 0.29) is 29.0 Å². The maximum Gasteiger partial charge on any atom is 0.175 e. The van der Waals surface area contributed by atoms with E-state index in [1.165, 1.54) is 0 Å². The van der Waals surface area contributed by atoms with Gasteiger partial charge < -0.3 is 19.1 Å². The summed E-state index contributed by atoms with van der Waals surface area (Å²) in [6.45, 7) is 12.2. The molecule has 6 nitrogen and oxygen atoms in total. The van der Waals surface area contributed by atoms with Gasteiger partial charge in [-0.15, -0.1) is 0 Å². The van der Waals surface area contributed by atoms with Gasteiger partial charge in [-0.1, -0.05) is 57.0 Å². The van der Waals surface area contributed by atoms with Crippen LogP contribution in [0, 0.1) is 10.8 Å². The molecule has 0 saturated heterocycles. The van der Waals surface area contributed by atoms with Gasteiger partial charge in [0.1, 0.15) is 6.61 Å². The van der Waals surface area contributed by atoms with Crippen LogP contribution < -0.4 is 9.47 Å². The molecule has 0 unspecified atom stereocenters. The molecule has 0 atom stereocenters. The Hall–Kier alpha value is -2.32. The van der Waals surface area contributed by atoms with E-state index in [9.17, 15) is 9.59 Å². The van der Waals surface area contributed by atoms with E-state index in [4.69, 9.17) is 37.4 Å². The van der Waals surface area contributed by atoms with Gasteiger partial charge in [-0.2, -0.15) is 0 Å². The number of allylic oxidation sites excluding steroid dienone is 4. The number of carbonyl (C=O) groups excluding carboxylic acids is 2. The molecule has 2 aliphatic carbocycles. The Morgan fingerprint density at radius 3 is 2.07 bits per heavy atom. The summed E-state index contributed by atoms with van der Waals surface area (Å²) in [4.78, 5) is 30.4. The van der Waals surface area contributed by atoms with Crippen LogP contribution in [0.4, 0.5) is 0 Å². The van der Waals surface area contributed by atoms with Crippen LogP contribution in [0.15, 0.2) is 57.3 Å². The van der Waals surface area contributed by atoms with Crippen molar-refractivity contribution in [3.05, 3.63) is 78.5 Å². The maximum atomic E-state index is 14.1. The Morgan fingerprint density at radius 2 is 1.52 bits per heavy atom. The van der Waals surface area contributed by atoms with E-state index in [1.807, 2.05) is 25.1 Å². The highest BCUT2D eigenvalue weighted by Crippen LogP contribution is 2.55. The minimum Gasteiger partial charge on any atom is -0.490 e. The zero-order valence-electron chi connectivity index (χ0n) is 26.2. The van der Waals surface area contributed by atoms with Crippen LogP contribution >= 0.6 is 39.1 Å². The molecule has 3 aliphatic rings. The summed E-state index contributed by atoms with van der Waals surface area (Å²) in [5.74, 6) is 0.718. The first-order chi connectivity index (χ1) is 20.7. The molecule has 1 heterocycles. The van der Waals surface area contributed by atoms with Gasteiger partial charge in [0.05, 0.1) is 17.7 Å². The number of carbonyl (C=O) groups is 2. The molecule has 1 aliphatic heterocycles. The van der Waals surface area contributed by atoms with Crippen LogP contribution in [-0.2, 0) is 20.9 Å². The van der Waals surface area contributed by atoms with Crippen LogP contribution in [0.25, 0.3) is 0 Å². The second kappa shape index (κ2) is 12.8. The summed E-state index contributed by atoms with van der Waals surface area (Å²) in [6.07, 6.45) is 2.32. The van der Waals surface area contributed by atoms with Crippen LogP contribution in [0.1, 0.15) is 77.3 Å². The van der Waals surface area contributed by atoms with Crippen LogP contribution in [0.5, 0.6) is 11.5 Å². The summed E-state index contributed by atoms with van der Waals surface area (Å²) in [5.41, 5.74) is 4.64. The number of hydrogen-bond donors (Lipinski definition) is 0. The van der Waals surface area contributed by atoms with Gasteiger partial charge in [0.2, 0.25) is 0 Å². The number of methoxy groups -OCH3 is 1. The Balaban J connectivity index is 1.66. The van der Waals surface area contributed by atoms with Gasteiger partial charge in [-0.05, 0) is 76.4 Å². The van der Waals surface area contributed by atoms with Gasteiger partial charge in [-0.25, -0.2) is 0 Å². The zero-order chi connectivity index (χ0) is 32.0. The number of benzene rings is 2. The monoisotopic (exact) mass is 703 g/mol. The number of rotatable bonds is 9. The SMILES string of the molecule is CCOc1cc(C2C3=C(CC(C)(C)CC3=O)N(CCOC)C3=C2C(=O)CC(C)(C)C3)cc(Br)c1OCc1ccc(Cl)cc1Cl. The van der Waals surface area contributed by atoms with Crippen molar-refractivity contribution in [2.24, 2.45) is 10.8 Å². The number of Topliss-reactive ketones (excluding diaryl/α,β-unsaturated/α-hetero) is 2. The smallest absolute Gasteiger partial charge is 0.175 e. The minimum atomic E-state index is -0.499. The van der Waals surface area contributed by atoms with Gasteiger partial charge in [0.25, 0.3) is 0 Å². The van der Waals surface area contributed by atoms with E-state index in [1.54, 1.807) is 19.2 Å². The van der Waals surface area contributed by atoms with E-state index in [2.05, 4.69) is 48.5 Å². The number of hydrogen-bond acceptors (Lipinski definition) is 6. The Labute approximate surface area is 278 Å². The Kier molecular flexibility index (Phi) is 9.63. The summed E-state index contributed by atoms with van der Waals surface area (Å²) < 4.78 is 18.5. The number of ketones is 2. The fourth-order valence-electron chi connectivity index (χ4n) is 6.78. The third kappa shape index (κ3) is 6.62. The lowest BCUT2D eigenvalue weighted by molar-refractivity contribution is -0.119. The number of nitrogens with zero attached hydrogens (tertiary/aromatic N) is 1. The molecule has 0 N–H and O–H groups in total. The van der Waals surface area contributed by atoms with Crippen LogP contribution in [-0.4, -0.2) is 43.3 Å². The highest BCUT2D eigenvalue weighted by atomic mass is 79.9. The lowest BCUT2D eigenvalue weighted by Gasteiger charge is -2.49. The number of ether oxygens (including phenoxy) is 3. The van der Waals surface area contributed by atoms with Crippen molar-refractivity contribution in [3.8, 4) is 11.5 Å². The fraction of sp³-hybridized carbons (Fsp3) is 0.486. The Morgan fingerprint density at radius 1 is 0.909 bits per heavy atom. The summed E-state index contributed by atoms with van der Waals surface area (Å²) in [6, 6.07) is 9.18. The zero-order valence-corrected chi connectivity index (χ0v) is 29.3. The van der Waals surface area contributed by atoms with Crippen molar-refractivity contribution in [1.29, 1.82) is 0 Å². The molecule has 0 saturated carbocycles. The van der Waals surface area contributed by atoms with Crippen LogP contribution in [0.3, 0.4) is 0 Å². The molecule has 236 valence electrons. The third-order valence-electron chi connectivity index (χ3n) is 8.59. The molecule has 0 spiro atoms. The average Bonchev–Trinajstić information content (AvgIpc) is 2.91. The first kappa shape index (κ1) is 33.1. The van der Waals surface area contributed by atoms with E-state index >= 15 is 0 Å². The molecule has 0 bridgehead atoms. The lowest BCUT2D eigenvalue weighted by atomic mass is 9.63. The molecule has 0 aromatic heterocycles. The predicted octanol–water partition coefficient (Wildman–Crippen LogP) is 9.07. The van der Waals surface area contributed by atoms with Gasteiger partial charge in [-0.3, -0.25) is 9.59 Å². The molecule has 0 radical (unpaired) electrons. The summed E-state index contributed by atoms with van der Waals surface area (Å²) >= 11 is 16.2. The van der Waals surface area contributed by atoms with Crippen molar-refractivity contribution >= 4 is 50.7 Å². The second-order valence-electron chi connectivity index (χ2n) is 13.5. The molecule has 2 aromatic rings. The summed E-state index contributed by atoms with van der Waals surface area (Å²) in [7, 11) is 1.68. The van der Waals surface area contributed by atoms with Crippen molar-refractivity contribution < 1.29 is 23.8 Å². The lowest BCUT2D eigenvalue weighted by Crippen LogP contribution is -2.45. The molecular formula is C35H40BrCl2NO5. The quantitative estimate of drug-likeness (QED) is 0.260. The largest absolute Gasteiger partial charge is 0.490 e. The molecule has 0 amide bonds. The molecule has 5 rings (SSSR count). The molecule has 44 heavy (non-hydrogen) atoms. The average molecular weight is 706 g/mol. The number of halogens is 3. The molecule has 2 aromatic carbocycles. The molecule has 0 fully saturated rings. The predicted molar refractivity (Wildman–Crippen MR) is 178 cm³/mol. The molecule has 9 heteroatoms. The van der Waals surface area contributed by atoms with Gasteiger partial charge >= 0.3 is 0 Å². The van der Waals surface area contributed by atoms with Crippen molar-refractivity contribution in [1.82, 2.24) is 4.90 Å². The van der Waals surface area contributed by atoms with E-state index in [0.717, 1.165) is 35.4 Å². The van der Waals surface area contributed by atoms with Crippen LogP contribution in [0.2, 0.25) is 10.0 Å². The fourth-order valence-corrected chi connectivity index (χ4v) is 7.82. The highest BCUT2D eigenvalue weighted by Gasteiger charge is 2.49. The first-order valence-electron chi connectivity index (χ1n) is 15.1. The van der Waals surface area contributed by atoms with E-state index < -0.39 is 5.92 Å². The topological polar surface area (TPSA) is 65.1 Å². The van der Waals surface area contributed by atoms with Crippen molar-refractivity contribution in [2.45, 2.75) is 72.8 Å². The van der Waals surface area contributed by atoms with Crippen molar-refractivity contribution in [2.75, 3.05) is 26.9 Å². The summed E-state index contributed by atoms with van der Waals surface area (Å²) in [5, 5.41) is 1.07. The highest BCUT2D eigenvalue weighted by molar-refractivity contribution is 9.10. The van der Waals surface area contributed by atoms with E-state index in [0.29, 0.717) is 69.8 Å². The van der Waals surface area contributed by atoms with Gasteiger partial charge in [0.15, 0.2) is 23.1 Å². The van der Waals surface area contributed by atoms with Crippen molar-refractivity contribution in [3.63, 3.8) is 0 Å². The molecular weight excluding hydrogens is 665 g/mol. The van der Waals surface area contributed by atoms with Gasteiger partial charge in [0, 0.05) is 70.6 Å². The third-order valence-corrected chi connectivity index (χ3v) is 9.77. The Bertz CT molecular complexity index is 1510. The first-order valence-corrected chi connectivity index (χ1v) is 16.6. The maximum absolute atomic E-state index is 14.1. The normalized spacial score (nSPS) is 19.7. The second-order valence-corrected chi connectivity index (χ2v) is 15.2. The minimum absolute atomic E-state index is 0.0830.